The van der Waals surface area contributed by atoms with E-state index < -0.39 is 33.6 Å². The number of hydrogen-bond donors (Lipinski definition) is 2. The Kier molecular flexibility index (Phi) is 5.85. The van der Waals surface area contributed by atoms with Crippen molar-refractivity contribution in [2.24, 2.45) is 0 Å². The van der Waals surface area contributed by atoms with Crippen molar-refractivity contribution >= 4 is 37.6 Å². The zero-order valence-corrected chi connectivity index (χ0v) is 13.4. The lowest BCUT2D eigenvalue weighted by Crippen LogP contribution is -2.41. The molecule has 9 heteroatoms. The predicted octanol–water partition coefficient (Wildman–Crippen LogP) is 1.21. The van der Waals surface area contributed by atoms with E-state index in [0.29, 0.717) is 4.47 Å². The number of aliphatic carboxylic acids is 1. The molecule has 21 heavy (non-hydrogen) atoms. The molecule has 1 rings (SSSR count). The van der Waals surface area contributed by atoms with Gasteiger partial charge in [-0.1, -0.05) is 15.9 Å². The van der Waals surface area contributed by atoms with Crippen molar-refractivity contribution in [3.05, 3.63) is 34.1 Å². The van der Waals surface area contributed by atoms with E-state index in [-0.39, 0.29) is 17.7 Å². The average molecular weight is 382 g/mol. The smallest absolute Gasteiger partial charge is 0.326 e. The van der Waals surface area contributed by atoms with Crippen molar-refractivity contribution in [2.75, 3.05) is 12.0 Å². The van der Waals surface area contributed by atoms with Crippen LogP contribution in [-0.2, 0) is 14.6 Å². The van der Waals surface area contributed by atoms with Crippen LogP contribution in [0.25, 0.3) is 0 Å². The Labute approximate surface area is 129 Å². The summed E-state index contributed by atoms with van der Waals surface area (Å²) in [5.41, 5.74) is -0.0625. The molecule has 0 saturated carbocycles. The molecule has 0 saturated heterocycles. The third kappa shape index (κ3) is 6.21. The van der Waals surface area contributed by atoms with Crippen molar-refractivity contribution in [3.63, 3.8) is 0 Å². The zero-order chi connectivity index (χ0) is 16.2. The summed E-state index contributed by atoms with van der Waals surface area (Å²) in [6.07, 6.45) is 0.702. The highest BCUT2D eigenvalue weighted by molar-refractivity contribution is 9.10. The fraction of sp³-hybridized carbons (Fsp3) is 0.333. The molecule has 0 aliphatic heterocycles. The molecular formula is C12H13BrFNO5S. The Morgan fingerprint density at radius 2 is 2.00 bits per heavy atom. The molecule has 2 N–H and O–H groups in total. The van der Waals surface area contributed by atoms with E-state index in [4.69, 9.17) is 5.11 Å². The number of carbonyl (C=O) groups excluding carboxylic acids is 1. The maximum absolute atomic E-state index is 13.2. The Morgan fingerprint density at radius 1 is 1.38 bits per heavy atom. The average Bonchev–Trinajstić information content (AvgIpc) is 2.31. The molecule has 1 aromatic carbocycles. The lowest BCUT2D eigenvalue weighted by molar-refractivity contribution is -0.139. The number of carboxylic acids is 1. The summed E-state index contributed by atoms with van der Waals surface area (Å²) in [7, 11) is -3.35. The van der Waals surface area contributed by atoms with E-state index in [0.717, 1.165) is 18.4 Å². The topological polar surface area (TPSA) is 101 Å². The van der Waals surface area contributed by atoms with E-state index in [2.05, 4.69) is 21.2 Å². The van der Waals surface area contributed by atoms with Gasteiger partial charge >= 0.3 is 5.97 Å². The van der Waals surface area contributed by atoms with Gasteiger partial charge in [0.25, 0.3) is 5.91 Å². The fourth-order valence-corrected chi connectivity index (χ4v) is 2.64. The van der Waals surface area contributed by atoms with Gasteiger partial charge in [0.05, 0.1) is 5.75 Å². The Hall–Kier alpha value is -1.48. The van der Waals surface area contributed by atoms with Gasteiger partial charge in [-0.2, -0.15) is 0 Å². The molecular weight excluding hydrogens is 369 g/mol. The highest BCUT2D eigenvalue weighted by Crippen LogP contribution is 2.15. The molecule has 6 nitrogen and oxygen atoms in total. The largest absolute Gasteiger partial charge is 0.480 e. The number of benzene rings is 1. The maximum Gasteiger partial charge on any atom is 0.326 e. The number of hydrogen-bond acceptors (Lipinski definition) is 4. The zero-order valence-electron chi connectivity index (χ0n) is 11.0. The number of sulfone groups is 1. The molecule has 116 valence electrons. The van der Waals surface area contributed by atoms with Crippen LogP contribution in [0.3, 0.4) is 0 Å². The SMILES string of the molecule is CS(=O)(=O)CCC(NC(=O)c1cc(F)cc(Br)c1)C(=O)O. The monoisotopic (exact) mass is 381 g/mol. The second kappa shape index (κ2) is 6.99. The molecule has 0 heterocycles. The predicted molar refractivity (Wildman–Crippen MR) is 77.3 cm³/mol. The number of nitrogens with one attached hydrogen (secondary N) is 1. The normalized spacial score (nSPS) is 12.7. The van der Waals surface area contributed by atoms with Crippen LogP contribution in [0.1, 0.15) is 16.8 Å². The molecule has 1 unspecified atom stereocenters. The third-order valence-corrected chi connectivity index (χ3v) is 3.94. The Balaban J connectivity index is 2.83. The molecule has 1 amide bonds. The summed E-state index contributed by atoms with van der Waals surface area (Å²) in [5.74, 6) is -3.19. The number of halogens is 2. The minimum atomic E-state index is -3.35. The van der Waals surface area contributed by atoms with Gasteiger partial charge in [0.1, 0.15) is 21.7 Å². The molecule has 1 atom stereocenters. The van der Waals surface area contributed by atoms with Gasteiger partial charge < -0.3 is 10.4 Å². The minimum Gasteiger partial charge on any atom is -0.480 e. The molecule has 0 aromatic heterocycles. The van der Waals surface area contributed by atoms with Gasteiger partial charge in [-0.05, 0) is 24.6 Å². The molecule has 0 fully saturated rings. The summed E-state index contributed by atoms with van der Waals surface area (Å²) >= 11 is 3.02. The highest BCUT2D eigenvalue weighted by atomic mass is 79.9. The highest BCUT2D eigenvalue weighted by Gasteiger charge is 2.22. The van der Waals surface area contributed by atoms with E-state index in [1.165, 1.54) is 6.07 Å². The molecule has 0 bridgehead atoms. The van der Waals surface area contributed by atoms with Gasteiger partial charge in [-0.3, -0.25) is 4.79 Å². The lowest BCUT2D eigenvalue weighted by Gasteiger charge is -2.14. The first-order valence-electron chi connectivity index (χ1n) is 5.76. The number of rotatable bonds is 6. The first-order chi connectivity index (χ1) is 9.58. The third-order valence-electron chi connectivity index (χ3n) is 2.51. The molecule has 0 aliphatic carbocycles. The van der Waals surface area contributed by atoms with Crippen LogP contribution < -0.4 is 5.32 Å². The number of carboxylic acid groups (broad SMARTS) is 1. The van der Waals surface area contributed by atoms with Crippen LogP contribution >= 0.6 is 15.9 Å². The lowest BCUT2D eigenvalue weighted by atomic mass is 10.1. The van der Waals surface area contributed by atoms with Crippen LogP contribution in [0.2, 0.25) is 0 Å². The maximum atomic E-state index is 13.2. The molecule has 0 aliphatic rings. The van der Waals surface area contributed by atoms with Gasteiger partial charge in [0.15, 0.2) is 0 Å². The van der Waals surface area contributed by atoms with E-state index >= 15 is 0 Å². The summed E-state index contributed by atoms with van der Waals surface area (Å²) in [5, 5.41) is 11.2. The second-order valence-electron chi connectivity index (χ2n) is 4.44. The number of carbonyl (C=O) groups is 2. The van der Waals surface area contributed by atoms with Crippen molar-refractivity contribution in [3.8, 4) is 0 Å². The van der Waals surface area contributed by atoms with Crippen LogP contribution in [0.5, 0.6) is 0 Å². The summed E-state index contributed by atoms with van der Waals surface area (Å²) in [4.78, 5) is 22.9. The summed E-state index contributed by atoms with van der Waals surface area (Å²) in [6.45, 7) is 0. The van der Waals surface area contributed by atoms with Crippen molar-refractivity contribution in [2.45, 2.75) is 12.5 Å². The summed E-state index contributed by atoms with van der Waals surface area (Å²) < 4.78 is 35.6. The fourth-order valence-electron chi connectivity index (χ4n) is 1.52. The number of amides is 1. The second-order valence-corrected chi connectivity index (χ2v) is 7.62. The van der Waals surface area contributed by atoms with Gasteiger partial charge in [-0.25, -0.2) is 17.6 Å². The van der Waals surface area contributed by atoms with Crippen LogP contribution in [0, 0.1) is 5.82 Å². The Bertz CT molecular complexity index is 641. The van der Waals surface area contributed by atoms with E-state index in [1.807, 2.05) is 0 Å². The van der Waals surface area contributed by atoms with Crippen LogP contribution in [0.4, 0.5) is 4.39 Å². The van der Waals surface area contributed by atoms with Crippen molar-refractivity contribution in [1.29, 1.82) is 0 Å². The van der Waals surface area contributed by atoms with Crippen molar-refractivity contribution < 1.29 is 27.5 Å². The molecule has 0 radical (unpaired) electrons. The standard InChI is InChI=1S/C12H13BrFNO5S/c1-21(19,20)3-2-10(12(17)18)15-11(16)7-4-8(13)6-9(14)5-7/h4-6,10H,2-3H2,1H3,(H,15,16)(H,17,18). The molecule has 0 spiro atoms. The Morgan fingerprint density at radius 3 is 2.48 bits per heavy atom. The minimum absolute atomic E-state index is 0.0625. The van der Waals surface area contributed by atoms with Crippen LogP contribution in [0.15, 0.2) is 22.7 Å². The first kappa shape index (κ1) is 17.6. The molecule has 1 aromatic rings. The van der Waals surface area contributed by atoms with Gasteiger partial charge in [0.2, 0.25) is 0 Å². The van der Waals surface area contributed by atoms with Gasteiger partial charge in [-0.15, -0.1) is 0 Å². The first-order valence-corrected chi connectivity index (χ1v) is 8.61. The summed E-state index contributed by atoms with van der Waals surface area (Å²) in [6, 6.07) is 2.06. The van der Waals surface area contributed by atoms with Gasteiger partial charge in [0, 0.05) is 16.3 Å². The van der Waals surface area contributed by atoms with Crippen LogP contribution in [-0.4, -0.2) is 43.5 Å². The van der Waals surface area contributed by atoms with E-state index in [9.17, 15) is 22.4 Å². The van der Waals surface area contributed by atoms with Crippen molar-refractivity contribution in [1.82, 2.24) is 5.32 Å². The quantitative estimate of drug-likeness (QED) is 0.770. The van der Waals surface area contributed by atoms with E-state index in [1.54, 1.807) is 0 Å².